The highest BCUT2D eigenvalue weighted by atomic mass is 16.4. The van der Waals surface area contributed by atoms with Gasteiger partial charge in [-0.25, -0.2) is 4.79 Å². The molecule has 1 heterocycles. The second-order valence-electron chi connectivity index (χ2n) is 3.57. The van der Waals surface area contributed by atoms with Gasteiger partial charge in [0.15, 0.2) is 0 Å². The summed E-state index contributed by atoms with van der Waals surface area (Å²) >= 11 is 0. The molecule has 2 aromatic rings. The molecule has 1 aromatic heterocycles. The van der Waals surface area contributed by atoms with Crippen molar-refractivity contribution in [3.63, 3.8) is 0 Å². The normalized spacial score (nSPS) is 10.6. The molecule has 2 rings (SSSR count). The summed E-state index contributed by atoms with van der Waals surface area (Å²) in [5.74, 6) is -1.14. The Hall–Kier alpha value is -2.14. The van der Waals surface area contributed by atoms with Crippen LogP contribution in [0.4, 0.5) is 0 Å². The first-order chi connectivity index (χ1) is 8.13. The van der Waals surface area contributed by atoms with Crippen LogP contribution < -0.4 is 5.63 Å². The molecule has 2 N–H and O–H groups in total. The molecule has 0 aliphatic heterocycles. The SMILES string of the molecule is O=C(O)Cc1c(CO)c2ccccc2oc1=O. The molecule has 5 heteroatoms. The van der Waals surface area contributed by atoms with Crippen molar-refractivity contribution < 1.29 is 19.4 Å². The molecule has 0 radical (unpaired) electrons. The van der Waals surface area contributed by atoms with E-state index in [-0.39, 0.29) is 5.56 Å². The van der Waals surface area contributed by atoms with E-state index in [4.69, 9.17) is 9.52 Å². The van der Waals surface area contributed by atoms with Crippen LogP contribution >= 0.6 is 0 Å². The molecule has 88 valence electrons. The van der Waals surface area contributed by atoms with Crippen LogP contribution in [-0.4, -0.2) is 16.2 Å². The maximum atomic E-state index is 11.6. The van der Waals surface area contributed by atoms with Crippen LogP contribution in [0.1, 0.15) is 11.1 Å². The molecule has 0 spiro atoms. The zero-order chi connectivity index (χ0) is 12.4. The lowest BCUT2D eigenvalue weighted by molar-refractivity contribution is -0.136. The topological polar surface area (TPSA) is 87.7 Å². The number of para-hydroxylation sites is 1. The fraction of sp³-hybridized carbons (Fsp3) is 0.167. The number of aliphatic hydroxyl groups is 1. The number of carboxylic acid groups (broad SMARTS) is 1. The van der Waals surface area contributed by atoms with Gasteiger partial charge in [0, 0.05) is 5.39 Å². The molecule has 0 atom stereocenters. The summed E-state index contributed by atoms with van der Waals surface area (Å²) in [6.07, 6.45) is -0.455. The summed E-state index contributed by atoms with van der Waals surface area (Å²) in [6, 6.07) is 6.70. The van der Waals surface area contributed by atoms with Crippen LogP contribution in [0.15, 0.2) is 33.5 Å². The number of rotatable bonds is 3. The monoisotopic (exact) mass is 234 g/mol. The van der Waals surface area contributed by atoms with Crippen LogP contribution in [0.5, 0.6) is 0 Å². The first-order valence-corrected chi connectivity index (χ1v) is 4.99. The predicted molar refractivity (Wildman–Crippen MR) is 59.7 cm³/mol. The Balaban J connectivity index is 2.78. The summed E-state index contributed by atoms with van der Waals surface area (Å²) < 4.78 is 5.01. The Bertz CT molecular complexity index is 626. The van der Waals surface area contributed by atoms with Crippen molar-refractivity contribution in [3.05, 3.63) is 45.8 Å². The van der Waals surface area contributed by atoms with Crippen molar-refractivity contribution in [1.29, 1.82) is 0 Å². The van der Waals surface area contributed by atoms with Crippen LogP contribution in [-0.2, 0) is 17.8 Å². The van der Waals surface area contributed by atoms with E-state index >= 15 is 0 Å². The van der Waals surface area contributed by atoms with Crippen LogP contribution in [0.3, 0.4) is 0 Å². The highest BCUT2D eigenvalue weighted by Crippen LogP contribution is 2.20. The Kier molecular flexibility index (Phi) is 2.93. The standard InChI is InChI=1S/C12H10O5/c13-6-9-7-3-1-2-4-10(7)17-12(16)8(9)5-11(14)15/h1-4,13H,5-6H2,(H,14,15). The van der Waals surface area contributed by atoms with E-state index in [0.29, 0.717) is 16.5 Å². The third-order valence-electron chi connectivity index (χ3n) is 2.51. The number of hydrogen-bond donors (Lipinski definition) is 2. The van der Waals surface area contributed by atoms with Gasteiger partial charge in [0.2, 0.25) is 0 Å². The Morgan fingerprint density at radius 1 is 1.24 bits per heavy atom. The number of aliphatic hydroxyl groups excluding tert-OH is 1. The summed E-state index contributed by atoms with van der Waals surface area (Å²) in [5, 5.41) is 18.6. The summed E-state index contributed by atoms with van der Waals surface area (Å²) in [5.41, 5.74) is -0.0520. The van der Waals surface area contributed by atoms with Crippen LogP contribution in [0.25, 0.3) is 11.0 Å². The largest absolute Gasteiger partial charge is 0.481 e. The van der Waals surface area contributed by atoms with Crippen LogP contribution in [0, 0.1) is 0 Å². The minimum absolute atomic E-state index is 0.00120. The molecular formula is C12H10O5. The minimum atomic E-state index is -1.14. The molecule has 1 aromatic carbocycles. The van der Waals surface area contributed by atoms with Gasteiger partial charge in [0.1, 0.15) is 5.58 Å². The Labute approximate surface area is 95.9 Å². The zero-order valence-electron chi connectivity index (χ0n) is 8.84. The number of aliphatic carboxylic acids is 1. The average molecular weight is 234 g/mol. The maximum Gasteiger partial charge on any atom is 0.340 e. The molecule has 0 aliphatic carbocycles. The van der Waals surface area contributed by atoms with Gasteiger partial charge in [-0.1, -0.05) is 18.2 Å². The molecule has 5 nitrogen and oxygen atoms in total. The number of carbonyl (C=O) groups is 1. The zero-order valence-corrected chi connectivity index (χ0v) is 8.84. The number of hydrogen-bond acceptors (Lipinski definition) is 4. The third-order valence-corrected chi connectivity index (χ3v) is 2.51. The minimum Gasteiger partial charge on any atom is -0.481 e. The lowest BCUT2D eigenvalue weighted by Crippen LogP contribution is -2.16. The van der Waals surface area contributed by atoms with Gasteiger partial charge >= 0.3 is 11.6 Å². The summed E-state index contributed by atoms with van der Waals surface area (Å²) in [7, 11) is 0. The van der Waals surface area contributed by atoms with Crippen molar-refractivity contribution in [2.45, 2.75) is 13.0 Å². The average Bonchev–Trinajstić information content (AvgIpc) is 2.29. The van der Waals surface area contributed by atoms with Gasteiger partial charge in [-0.15, -0.1) is 0 Å². The quantitative estimate of drug-likeness (QED) is 0.771. The van der Waals surface area contributed by atoms with Crippen molar-refractivity contribution >= 4 is 16.9 Å². The second-order valence-corrected chi connectivity index (χ2v) is 3.57. The Morgan fingerprint density at radius 2 is 1.94 bits per heavy atom. The van der Waals surface area contributed by atoms with Gasteiger partial charge in [-0.05, 0) is 11.6 Å². The smallest absolute Gasteiger partial charge is 0.340 e. The van der Waals surface area contributed by atoms with Crippen molar-refractivity contribution in [3.8, 4) is 0 Å². The van der Waals surface area contributed by atoms with Crippen LogP contribution in [0.2, 0.25) is 0 Å². The van der Waals surface area contributed by atoms with Crippen molar-refractivity contribution in [2.75, 3.05) is 0 Å². The highest BCUT2D eigenvalue weighted by Gasteiger charge is 2.15. The molecular weight excluding hydrogens is 224 g/mol. The number of carboxylic acids is 1. The number of benzene rings is 1. The summed E-state index contributed by atoms with van der Waals surface area (Å²) in [4.78, 5) is 22.3. The van der Waals surface area contributed by atoms with Gasteiger partial charge in [0.25, 0.3) is 0 Å². The lowest BCUT2D eigenvalue weighted by Gasteiger charge is -2.07. The fourth-order valence-corrected chi connectivity index (χ4v) is 1.76. The molecule has 0 bridgehead atoms. The maximum absolute atomic E-state index is 11.6. The van der Waals surface area contributed by atoms with E-state index in [1.165, 1.54) is 0 Å². The fourth-order valence-electron chi connectivity index (χ4n) is 1.76. The first kappa shape index (κ1) is 11.3. The van der Waals surface area contributed by atoms with Crippen molar-refractivity contribution in [2.24, 2.45) is 0 Å². The predicted octanol–water partition coefficient (Wildman–Crippen LogP) is 0.912. The first-order valence-electron chi connectivity index (χ1n) is 4.99. The molecule has 0 unspecified atom stereocenters. The van der Waals surface area contributed by atoms with E-state index in [2.05, 4.69) is 0 Å². The van der Waals surface area contributed by atoms with E-state index in [0.717, 1.165) is 0 Å². The molecule has 0 saturated carbocycles. The number of fused-ring (bicyclic) bond motifs is 1. The lowest BCUT2D eigenvalue weighted by atomic mass is 10.0. The molecule has 0 amide bonds. The molecule has 0 aliphatic rings. The van der Waals surface area contributed by atoms with Gasteiger partial charge in [-0.2, -0.15) is 0 Å². The summed E-state index contributed by atoms with van der Waals surface area (Å²) in [6.45, 7) is -0.394. The highest BCUT2D eigenvalue weighted by molar-refractivity contribution is 5.82. The van der Waals surface area contributed by atoms with Crippen molar-refractivity contribution in [1.82, 2.24) is 0 Å². The molecule has 17 heavy (non-hydrogen) atoms. The van der Waals surface area contributed by atoms with Gasteiger partial charge in [-0.3, -0.25) is 4.79 Å². The molecule has 0 fully saturated rings. The van der Waals surface area contributed by atoms with Gasteiger partial charge in [0.05, 0.1) is 18.6 Å². The van der Waals surface area contributed by atoms with E-state index in [9.17, 15) is 14.7 Å². The second kappa shape index (κ2) is 4.39. The molecule has 0 saturated heterocycles. The van der Waals surface area contributed by atoms with E-state index in [1.54, 1.807) is 24.3 Å². The van der Waals surface area contributed by atoms with E-state index < -0.39 is 24.6 Å². The third kappa shape index (κ3) is 2.05. The Morgan fingerprint density at radius 3 is 2.59 bits per heavy atom. The van der Waals surface area contributed by atoms with Gasteiger partial charge < -0.3 is 14.6 Å². The van der Waals surface area contributed by atoms with E-state index in [1.807, 2.05) is 0 Å².